The normalized spacial score (nSPS) is 41.9. The molecule has 14 unspecified atom stereocenters. The highest BCUT2D eigenvalue weighted by Gasteiger charge is 2.45. The smallest absolute Gasteiger partial charge is 0.00780 e. The molecule has 21 rings (SSSR count). The summed E-state index contributed by atoms with van der Waals surface area (Å²) in [6, 6.07) is 8.13. The van der Waals surface area contributed by atoms with Crippen LogP contribution in [0.15, 0.2) is 0 Å². The monoisotopic (exact) mass is 1230 g/mol. The van der Waals surface area contributed by atoms with Crippen molar-refractivity contribution in [3.05, 3.63) is 0 Å². The summed E-state index contributed by atoms with van der Waals surface area (Å²) in [4.78, 5) is 0. The first-order valence-corrected chi connectivity index (χ1v) is 35.6. The highest BCUT2D eigenvalue weighted by Crippen LogP contribution is 2.49. The minimum Gasteiger partial charge on any atom is -0.316 e. The highest BCUT2D eigenvalue weighted by molar-refractivity contribution is 5.01. The first-order valence-electron chi connectivity index (χ1n) is 35.6. The molecule has 0 aromatic rings. The SMILES string of the molecule is C.C.C.C.C.C.C.C.C.C1CC2CC1CN2.C1CC2CCC(C1)CNC2.C1CC2CCC(C1)N2.C1CC2CCC1CN2.C1CC2CCC1N2.C1CC2CNC(C1)C2.C1CC2CNCC1C2.C1NC2CC3CC1CC(C3)C2.CC1(C)CC2CC(C)(CN2)C1. The second kappa shape index (κ2) is 40.8. The van der Waals surface area contributed by atoms with Gasteiger partial charge in [0.05, 0.1) is 0 Å². The Balaban J connectivity index is 0.000000331. The minimum atomic E-state index is 0. The third kappa shape index (κ3) is 26.1. The molecule has 9 heteroatoms. The van der Waals surface area contributed by atoms with Crippen molar-refractivity contribution in [1.82, 2.24) is 47.9 Å². The van der Waals surface area contributed by atoms with Crippen LogP contribution in [0.2, 0.25) is 0 Å². The lowest BCUT2D eigenvalue weighted by Crippen LogP contribution is -2.44. The van der Waals surface area contributed by atoms with Crippen molar-refractivity contribution in [2.24, 2.45) is 70.0 Å². The average molecular weight is 1230 g/mol. The third-order valence-electron chi connectivity index (χ3n) is 24.7. The van der Waals surface area contributed by atoms with Gasteiger partial charge in [-0.15, -0.1) is 0 Å². The zero-order valence-electron chi connectivity index (χ0n) is 51.3. The Hall–Kier alpha value is -0.360. The van der Waals surface area contributed by atoms with E-state index in [1.54, 1.807) is 19.3 Å². The lowest BCUT2D eigenvalue weighted by molar-refractivity contribution is 0.135. The summed E-state index contributed by atoms with van der Waals surface area (Å²) in [6.07, 6.45) is 53.1. The van der Waals surface area contributed by atoms with Crippen LogP contribution >= 0.6 is 0 Å². The molecule has 0 spiro atoms. The number of rotatable bonds is 0. The van der Waals surface area contributed by atoms with Crippen molar-refractivity contribution in [1.29, 1.82) is 0 Å². The Morgan fingerprint density at radius 1 is 0.241 bits per heavy atom. The fourth-order valence-corrected chi connectivity index (χ4v) is 20.8. The van der Waals surface area contributed by atoms with Gasteiger partial charge in [0, 0.05) is 60.9 Å². The molecular formula is C78H163N9. The third-order valence-corrected chi connectivity index (χ3v) is 24.7. The number of hydrogen-bond donors (Lipinski definition) is 9. The summed E-state index contributed by atoms with van der Waals surface area (Å²) in [5.41, 5.74) is 1.20. The minimum absolute atomic E-state index is 0. The number of hydrogen-bond acceptors (Lipinski definition) is 9. The fraction of sp³-hybridized carbons (Fsp3) is 1.00. The van der Waals surface area contributed by atoms with Gasteiger partial charge in [0.1, 0.15) is 0 Å². The van der Waals surface area contributed by atoms with Crippen LogP contribution in [0.5, 0.6) is 0 Å². The molecule has 520 valence electrons. The molecule has 8 aliphatic carbocycles. The predicted octanol–water partition coefficient (Wildman–Crippen LogP) is 17.7. The van der Waals surface area contributed by atoms with Crippen molar-refractivity contribution in [3.63, 3.8) is 0 Å². The maximum atomic E-state index is 3.70. The van der Waals surface area contributed by atoms with Gasteiger partial charge in [-0.2, -0.15) is 0 Å². The Morgan fingerprint density at radius 2 is 0.563 bits per heavy atom. The molecule has 13 saturated heterocycles. The molecule has 21 fully saturated rings. The van der Waals surface area contributed by atoms with Crippen LogP contribution in [0.4, 0.5) is 0 Å². The molecule has 9 N–H and O–H groups in total. The summed E-state index contributed by atoms with van der Waals surface area (Å²) >= 11 is 0. The summed E-state index contributed by atoms with van der Waals surface area (Å²) < 4.78 is 0. The number of fused-ring (bicyclic) bond motifs is 19. The Bertz CT molecular complexity index is 1480. The van der Waals surface area contributed by atoms with Gasteiger partial charge in [0.25, 0.3) is 0 Å². The van der Waals surface area contributed by atoms with E-state index in [4.69, 9.17) is 0 Å². The molecule has 0 aromatic carbocycles. The topological polar surface area (TPSA) is 108 Å². The second-order valence-corrected chi connectivity index (χ2v) is 32.5. The predicted molar refractivity (Wildman–Crippen MR) is 390 cm³/mol. The van der Waals surface area contributed by atoms with E-state index in [0.717, 1.165) is 114 Å². The van der Waals surface area contributed by atoms with E-state index >= 15 is 0 Å². The Labute approximate surface area is 547 Å². The molecule has 0 radical (unpaired) electrons. The molecule has 9 nitrogen and oxygen atoms in total. The lowest BCUT2D eigenvalue weighted by atomic mass is 9.65. The van der Waals surface area contributed by atoms with Gasteiger partial charge in [-0.25, -0.2) is 0 Å². The van der Waals surface area contributed by atoms with E-state index in [9.17, 15) is 0 Å². The molecule has 13 aliphatic heterocycles. The van der Waals surface area contributed by atoms with Gasteiger partial charge >= 0.3 is 0 Å². The summed E-state index contributed by atoms with van der Waals surface area (Å²) in [6.45, 7) is 19.0. The van der Waals surface area contributed by atoms with Crippen molar-refractivity contribution in [3.8, 4) is 0 Å². The van der Waals surface area contributed by atoms with Crippen LogP contribution in [-0.2, 0) is 0 Å². The van der Waals surface area contributed by atoms with Crippen molar-refractivity contribution >= 4 is 0 Å². The molecule has 0 aromatic heterocycles. The fourth-order valence-electron chi connectivity index (χ4n) is 20.8. The van der Waals surface area contributed by atoms with Crippen LogP contribution in [-0.4, -0.2) is 113 Å². The number of nitrogens with one attached hydrogen (secondary N) is 9. The molecule has 21 aliphatic rings. The van der Waals surface area contributed by atoms with E-state index in [0.29, 0.717) is 10.8 Å². The standard InChI is InChI=1S/C10H17N.C10H19N.C9H17N.4C7H13N.2C6H11N.9CH4/c1-7-2-9-3-8(1)5-10(4-7)11-6-9;1-9(2)4-8-5-10(3,6-9)7-11-8;1-2-8-4-5-9(3-1)7-10-6-8;1-3-7-4-2-6(1)5-8-7;1-2-7-3-6(1)4-8-5-7;1-2-6-4-7(3-1)8-5-6;1-2-6-4-5-7(3-1)8-6;1-2-6-3-5(1)4-7-6;1-2-6-4-3-5(1)7-6;;;;;;;;;/h7-11H,1-6H2;8,11H,4-7H2,1-3H3;8-10H,1-7H2;4*6-8H,1-5H2;2*5-7H,1-4H2;9*1H4. The van der Waals surface area contributed by atoms with Gasteiger partial charge in [0.2, 0.25) is 0 Å². The van der Waals surface area contributed by atoms with Crippen LogP contribution in [0.3, 0.4) is 0 Å². The van der Waals surface area contributed by atoms with Crippen LogP contribution in [0, 0.1) is 70.0 Å². The first kappa shape index (κ1) is 82.7. The van der Waals surface area contributed by atoms with Gasteiger partial charge in [-0.05, 0) is 334 Å². The molecule has 14 atom stereocenters. The van der Waals surface area contributed by atoms with Gasteiger partial charge < -0.3 is 47.9 Å². The maximum Gasteiger partial charge on any atom is 0.00780 e. The zero-order chi connectivity index (χ0) is 53.2. The largest absolute Gasteiger partial charge is 0.316 e. The van der Waals surface area contributed by atoms with Crippen molar-refractivity contribution < 1.29 is 0 Å². The van der Waals surface area contributed by atoms with E-state index < -0.39 is 0 Å². The highest BCUT2D eigenvalue weighted by atomic mass is 15.0. The van der Waals surface area contributed by atoms with E-state index in [1.165, 1.54) is 271 Å². The molecule has 20 bridgehead atoms. The summed E-state index contributed by atoms with van der Waals surface area (Å²) in [5, 5.41) is 31.9. The van der Waals surface area contributed by atoms with Gasteiger partial charge in [-0.3, -0.25) is 0 Å². The summed E-state index contributed by atoms with van der Waals surface area (Å²) in [5.74, 6) is 10.5. The second-order valence-electron chi connectivity index (χ2n) is 32.5. The molecule has 13 heterocycles. The number of piperidine rings is 5. The average Bonchev–Trinajstić information content (AvgIpc) is 3.19. The maximum absolute atomic E-state index is 3.70. The van der Waals surface area contributed by atoms with E-state index in [2.05, 4.69) is 68.6 Å². The quantitative estimate of drug-likeness (QED) is 0.117. The first-order chi connectivity index (χ1) is 38.0. The van der Waals surface area contributed by atoms with Crippen molar-refractivity contribution in [2.75, 3.05) is 58.9 Å². The van der Waals surface area contributed by atoms with Crippen molar-refractivity contribution in [2.45, 2.75) is 373 Å². The lowest BCUT2D eigenvalue weighted by Gasteiger charge is -2.39. The summed E-state index contributed by atoms with van der Waals surface area (Å²) in [7, 11) is 0. The van der Waals surface area contributed by atoms with Crippen LogP contribution in [0.1, 0.15) is 319 Å². The molecule has 87 heavy (non-hydrogen) atoms. The van der Waals surface area contributed by atoms with Crippen LogP contribution < -0.4 is 47.9 Å². The Kier molecular flexibility index (Phi) is 38.8. The van der Waals surface area contributed by atoms with Gasteiger partial charge in [-0.1, -0.05) is 107 Å². The molecule has 8 saturated carbocycles. The zero-order valence-corrected chi connectivity index (χ0v) is 51.3. The van der Waals surface area contributed by atoms with E-state index in [-0.39, 0.29) is 66.8 Å². The molecular weight excluding hydrogens is 1060 g/mol. The van der Waals surface area contributed by atoms with E-state index in [1.807, 2.05) is 0 Å². The van der Waals surface area contributed by atoms with Crippen LogP contribution in [0.25, 0.3) is 0 Å². The molecule has 0 amide bonds. The Morgan fingerprint density at radius 3 is 0.977 bits per heavy atom. The van der Waals surface area contributed by atoms with Gasteiger partial charge in [0.15, 0.2) is 0 Å².